The number of ether oxygens (including phenoxy) is 1. The number of rotatable bonds is 3. The summed E-state index contributed by atoms with van der Waals surface area (Å²) >= 11 is 0. The highest BCUT2D eigenvalue weighted by molar-refractivity contribution is 5.79. The molecule has 2 aliphatic heterocycles. The number of hydrogen-bond acceptors (Lipinski definition) is 4. The smallest absolute Gasteiger partial charge is 0.410 e. The maximum Gasteiger partial charge on any atom is 0.410 e. The molecule has 2 bridgehead atoms. The van der Waals surface area contributed by atoms with Crippen molar-refractivity contribution in [1.82, 2.24) is 4.90 Å². The molecular weight excluding hydrogens is 443 g/mol. The molecule has 3 aromatic carbocycles. The Morgan fingerprint density at radius 3 is 2.23 bits per heavy atom. The standard InChI is InChI=1S/C29H25FN2O3/c30-20-12-18(16-31)11-19(13-20)29(34)14-21-9-10-22(15-29)32(21)28(33)35-17-27-25-7-3-1-5-23(25)24-6-2-4-8-26(24)27/h1-8,11-13,21-22,27,34H,9-10,14-15,17H2. The third kappa shape index (κ3) is 3.59. The van der Waals surface area contributed by atoms with E-state index in [1.54, 1.807) is 11.0 Å². The zero-order valence-corrected chi connectivity index (χ0v) is 19.2. The second-order valence-electron chi connectivity index (χ2n) is 9.88. The Bertz CT molecular complexity index is 1300. The molecule has 35 heavy (non-hydrogen) atoms. The first-order chi connectivity index (χ1) is 17.0. The number of nitriles is 1. The van der Waals surface area contributed by atoms with Crippen molar-refractivity contribution in [1.29, 1.82) is 5.26 Å². The highest BCUT2D eigenvalue weighted by Crippen LogP contribution is 2.47. The first-order valence-electron chi connectivity index (χ1n) is 12.0. The Morgan fingerprint density at radius 2 is 1.63 bits per heavy atom. The van der Waals surface area contributed by atoms with Gasteiger partial charge in [0.05, 0.1) is 17.2 Å². The Labute approximate surface area is 203 Å². The SMILES string of the molecule is N#Cc1cc(F)cc(C2(O)CC3CCC(C2)N3C(=O)OCC2c3ccccc3-c3ccccc32)c1. The Kier molecular flexibility index (Phi) is 5.12. The van der Waals surface area contributed by atoms with Gasteiger partial charge in [-0.15, -0.1) is 0 Å². The minimum atomic E-state index is -1.28. The van der Waals surface area contributed by atoms with Crippen LogP contribution in [0, 0.1) is 17.1 Å². The van der Waals surface area contributed by atoms with E-state index in [1.807, 2.05) is 30.3 Å². The van der Waals surface area contributed by atoms with Crippen LogP contribution in [0.15, 0.2) is 66.7 Å². The highest BCUT2D eigenvalue weighted by atomic mass is 19.1. The number of benzene rings is 3. The number of piperidine rings is 1. The van der Waals surface area contributed by atoms with E-state index in [1.165, 1.54) is 17.2 Å². The maximum absolute atomic E-state index is 14.1. The third-order valence-corrected chi connectivity index (χ3v) is 7.88. The van der Waals surface area contributed by atoms with E-state index in [0.717, 1.165) is 30.0 Å². The van der Waals surface area contributed by atoms with Crippen LogP contribution >= 0.6 is 0 Å². The van der Waals surface area contributed by atoms with Gasteiger partial charge in [0.15, 0.2) is 0 Å². The molecule has 2 fully saturated rings. The van der Waals surface area contributed by atoms with Crippen molar-refractivity contribution >= 4 is 6.09 Å². The average Bonchev–Trinajstić information content (AvgIpc) is 3.34. The number of amides is 1. The van der Waals surface area contributed by atoms with Gasteiger partial charge < -0.3 is 14.7 Å². The van der Waals surface area contributed by atoms with Crippen LogP contribution in [-0.4, -0.2) is 34.8 Å². The summed E-state index contributed by atoms with van der Waals surface area (Å²) in [5, 5.41) is 20.6. The number of hydrogen-bond donors (Lipinski definition) is 1. The van der Waals surface area contributed by atoms with Crippen LogP contribution in [0.1, 0.15) is 53.9 Å². The summed E-state index contributed by atoms with van der Waals surface area (Å²) < 4.78 is 20.0. The molecule has 1 N–H and O–H groups in total. The van der Waals surface area contributed by atoms with Crippen LogP contribution in [0.25, 0.3) is 11.1 Å². The van der Waals surface area contributed by atoms with Gasteiger partial charge in [-0.3, -0.25) is 0 Å². The summed E-state index contributed by atoms with van der Waals surface area (Å²) in [7, 11) is 0. The number of aliphatic hydroxyl groups is 1. The van der Waals surface area contributed by atoms with Crippen LogP contribution in [-0.2, 0) is 10.3 Å². The van der Waals surface area contributed by atoms with Crippen molar-refractivity contribution in [2.24, 2.45) is 0 Å². The predicted molar refractivity (Wildman–Crippen MR) is 128 cm³/mol. The number of halogens is 1. The molecule has 1 amide bonds. The fourth-order valence-electron chi connectivity index (χ4n) is 6.35. The molecule has 6 rings (SSSR count). The van der Waals surface area contributed by atoms with E-state index < -0.39 is 11.4 Å². The molecule has 2 atom stereocenters. The number of fused-ring (bicyclic) bond motifs is 5. The van der Waals surface area contributed by atoms with E-state index in [2.05, 4.69) is 24.3 Å². The van der Waals surface area contributed by atoms with Crippen LogP contribution in [0.5, 0.6) is 0 Å². The zero-order valence-electron chi connectivity index (χ0n) is 19.2. The van der Waals surface area contributed by atoms with Gasteiger partial charge in [-0.1, -0.05) is 48.5 Å². The Morgan fingerprint density at radius 1 is 1.03 bits per heavy atom. The zero-order chi connectivity index (χ0) is 24.2. The van der Waals surface area contributed by atoms with Crippen LogP contribution < -0.4 is 0 Å². The lowest BCUT2D eigenvalue weighted by atomic mass is 9.80. The lowest BCUT2D eigenvalue weighted by molar-refractivity contribution is -0.0533. The van der Waals surface area contributed by atoms with Crippen LogP contribution in [0.2, 0.25) is 0 Å². The van der Waals surface area contributed by atoms with Gasteiger partial charge in [0, 0.05) is 30.8 Å². The van der Waals surface area contributed by atoms with Gasteiger partial charge in [-0.05, 0) is 58.9 Å². The average molecular weight is 469 g/mol. The molecule has 5 nitrogen and oxygen atoms in total. The fraction of sp³-hybridized carbons (Fsp3) is 0.310. The number of nitrogens with zero attached hydrogens (tertiary/aromatic N) is 2. The molecule has 0 radical (unpaired) electrons. The van der Waals surface area contributed by atoms with Crippen molar-refractivity contribution in [3.05, 3.63) is 94.8 Å². The van der Waals surface area contributed by atoms with Crippen molar-refractivity contribution in [3.63, 3.8) is 0 Å². The summed E-state index contributed by atoms with van der Waals surface area (Å²) in [6.07, 6.45) is 1.75. The van der Waals surface area contributed by atoms with E-state index >= 15 is 0 Å². The summed E-state index contributed by atoms with van der Waals surface area (Å²) in [6.45, 7) is 0.252. The molecule has 2 heterocycles. The third-order valence-electron chi connectivity index (χ3n) is 7.88. The summed E-state index contributed by atoms with van der Waals surface area (Å²) in [4.78, 5) is 15.0. The van der Waals surface area contributed by atoms with Gasteiger partial charge in [0.2, 0.25) is 0 Å². The fourth-order valence-corrected chi connectivity index (χ4v) is 6.35. The molecule has 2 saturated heterocycles. The minimum absolute atomic E-state index is 0.0116. The lowest BCUT2D eigenvalue weighted by Crippen LogP contribution is -2.52. The van der Waals surface area contributed by atoms with Gasteiger partial charge in [0.25, 0.3) is 0 Å². The first-order valence-corrected chi connectivity index (χ1v) is 12.0. The molecule has 0 aromatic heterocycles. The van der Waals surface area contributed by atoms with Crippen LogP contribution in [0.4, 0.5) is 9.18 Å². The lowest BCUT2D eigenvalue weighted by Gasteiger charge is -2.43. The molecule has 3 aliphatic rings. The molecule has 2 unspecified atom stereocenters. The number of carbonyl (C=O) groups is 1. The summed E-state index contributed by atoms with van der Waals surface area (Å²) in [6, 6.07) is 22.0. The van der Waals surface area contributed by atoms with Crippen molar-refractivity contribution in [2.45, 2.75) is 49.3 Å². The number of carbonyl (C=O) groups excluding carboxylic acids is 1. The molecule has 0 spiro atoms. The van der Waals surface area contributed by atoms with Crippen molar-refractivity contribution in [3.8, 4) is 17.2 Å². The van der Waals surface area contributed by atoms with E-state index in [0.29, 0.717) is 18.4 Å². The Hall–Kier alpha value is -3.69. The monoisotopic (exact) mass is 468 g/mol. The molecule has 1 aliphatic carbocycles. The van der Waals surface area contributed by atoms with Crippen LogP contribution in [0.3, 0.4) is 0 Å². The topological polar surface area (TPSA) is 73.6 Å². The summed E-state index contributed by atoms with van der Waals surface area (Å²) in [5.41, 5.74) is 3.99. The van der Waals surface area contributed by atoms with Crippen molar-refractivity contribution < 1.29 is 19.0 Å². The van der Waals surface area contributed by atoms with Gasteiger partial charge in [0.1, 0.15) is 12.4 Å². The van der Waals surface area contributed by atoms with Gasteiger partial charge >= 0.3 is 6.09 Å². The largest absolute Gasteiger partial charge is 0.448 e. The Balaban J connectivity index is 1.19. The quantitative estimate of drug-likeness (QED) is 0.554. The molecule has 176 valence electrons. The van der Waals surface area contributed by atoms with E-state index in [4.69, 9.17) is 4.74 Å². The van der Waals surface area contributed by atoms with Gasteiger partial charge in [-0.2, -0.15) is 5.26 Å². The molecule has 6 heteroatoms. The normalized spacial score (nSPS) is 24.5. The van der Waals surface area contributed by atoms with E-state index in [9.17, 15) is 19.6 Å². The second kappa shape index (κ2) is 8.21. The molecule has 3 aromatic rings. The van der Waals surface area contributed by atoms with E-state index in [-0.39, 0.29) is 36.3 Å². The minimum Gasteiger partial charge on any atom is -0.448 e. The maximum atomic E-state index is 14.1. The highest BCUT2D eigenvalue weighted by Gasteiger charge is 2.51. The molecule has 0 saturated carbocycles. The predicted octanol–water partition coefficient (Wildman–Crippen LogP) is 5.46. The van der Waals surface area contributed by atoms with Gasteiger partial charge in [-0.25, -0.2) is 9.18 Å². The second-order valence-corrected chi connectivity index (χ2v) is 9.88. The summed E-state index contributed by atoms with van der Waals surface area (Å²) in [5.74, 6) is -0.554. The van der Waals surface area contributed by atoms with Crippen molar-refractivity contribution in [2.75, 3.05) is 6.61 Å². The first kappa shape index (κ1) is 21.8. The molecular formula is C29H25FN2O3.